The fraction of sp³-hybridized carbons (Fsp3) is 0.146. The second kappa shape index (κ2) is 10.8. The number of fused-ring (bicyclic) bond motifs is 2. The Labute approximate surface area is 258 Å². The van der Waals surface area contributed by atoms with Crippen molar-refractivity contribution in [2.45, 2.75) is 37.9 Å². The molecule has 44 heavy (non-hydrogen) atoms. The lowest BCUT2D eigenvalue weighted by Crippen LogP contribution is -2.56. The highest BCUT2D eigenvalue weighted by Crippen LogP contribution is 2.48. The fourth-order valence-electron chi connectivity index (χ4n) is 6.28. The number of benzene rings is 6. The maximum absolute atomic E-state index is 14.8. The second-order valence-electron chi connectivity index (χ2n) is 12.4. The molecule has 216 valence electrons. The van der Waals surface area contributed by atoms with Gasteiger partial charge < -0.3 is 9.47 Å². The molecule has 6 aromatic carbocycles. The fourth-order valence-corrected chi connectivity index (χ4v) is 6.28. The van der Waals surface area contributed by atoms with Crippen molar-refractivity contribution in [2.75, 3.05) is 0 Å². The molecule has 3 heteroatoms. The summed E-state index contributed by atoms with van der Waals surface area (Å²) >= 11 is 0. The summed E-state index contributed by atoms with van der Waals surface area (Å²) in [7, 11) is 0. The molecule has 7 rings (SSSR count). The number of hydrogen-bond donors (Lipinski definition) is 0. The van der Waals surface area contributed by atoms with E-state index in [1.165, 1.54) is 5.56 Å². The molecule has 3 nitrogen and oxygen atoms in total. The average Bonchev–Trinajstić information content (AvgIpc) is 3.06. The van der Waals surface area contributed by atoms with E-state index >= 15 is 0 Å². The zero-order valence-corrected chi connectivity index (χ0v) is 25.2. The van der Waals surface area contributed by atoms with Crippen LogP contribution in [0, 0.1) is 0 Å². The van der Waals surface area contributed by atoms with Crippen LogP contribution in [-0.2, 0) is 11.0 Å². The predicted octanol–water partition coefficient (Wildman–Crippen LogP) is 9.77. The van der Waals surface area contributed by atoms with Gasteiger partial charge in [-0.15, -0.1) is 0 Å². The van der Waals surface area contributed by atoms with E-state index in [9.17, 15) is 4.79 Å². The number of ketones is 1. The number of hydrogen-bond acceptors (Lipinski definition) is 3. The SMILES string of the molecule is CC(C)(C)c1ccc(OC2C(=O)c3ccc(-c4ccccc4)cc3OC2(c2ccccc2)c2cccc3ccccc23)cc1. The van der Waals surface area contributed by atoms with Crippen LogP contribution in [0.1, 0.15) is 47.8 Å². The monoisotopic (exact) mass is 574 g/mol. The molecule has 0 aliphatic carbocycles. The lowest BCUT2D eigenvalue weighted by molar-refractivity contribution is -0.0139. The Morgan fingerprint density at radius 3 is 2.05 bits per heavy atom. The topological polar surface area (TPSA) is 35.5 Å². The standard InChI is InChI=1S/C41H34O3/c1-40(2,3)31-22-24-33(25-23-31)43-39-38(42)35-26-21-30(28-13-6-4-7-14-28)27-37(35)44-41(39,32-17-8-5-9-18-32)36-20-12-16-29-15-10-11-19-34(29)36/h4-27,39H,1-3H3. The first kappa shape index (κ1) is 27.7. The molecular formula is C41H34O3. The van der Waals surface area contributed by atoms with Crippen LogP contribution in [0.15, 0.2) is 146 Å². The molecule has 0 bridgehead atoms. The molecule has 0 spiro atoms. The van der Waals surface area contributed by atoms with E-state index in [2.05, 4.69) is 69.3 Å². The first-order valence-electron chi connectivity index (χ1n) is 15.1. The number of carbonyl (C=O) groups is 1. The summed E-state index contributed by atoms with van der Waals surface area (Å²) in [6, 6.07) is 48.5. The molecule has 0 radical (unpaired) electrons. The summed E-state index contributed by atoms with van der Waals surface area (Å²) < 4.78 is 14.1. The van der Waals surface area contributed by atoms with Gasteiger partial charge in [0.2, 0.25) is 17.5 Å². The second-order valence-corrected chi connectivity index (χ2v) is 12.4. The van der Waals surface area contributed by atoms with Crippen LogP contribution in [0.3, 0.4) is 0 Å². The summed E-state index contributed by atoms with van der Waals surface area (Å²) in [6.45, 7) is 6.55. The van der Waals surface area contributed by atoms with Crippen LogP contribution in [0.5, 0.6) is 11.5 Å². The Hall–Kier alpha value is -5.15. The summed E-state index contributed by atoms with van der Waals surface area (Å²) in [5.41, 5.74) is 4.18. The Morgan fingerprint density at radius 2 is 1.32 bits per heavy atom. The van der Waals surface area contributed by atoms with Crippen molar-refractivity contribution in [3.8, 4) is 22.6 Å². The summed E-state index contributed by atoms with van der Waals surface area (Å²) in [6.07, 6.45) is -0.994. The molecule has 1 aliphatic heterocycles. The molecule has 1 heterocycles. The van der Waals surface area contributed by atoms with Gasteiger partial charge in [-0.3, -0.25) is 4.79 Å². The maximum atomic E-state index is 14.8. The average molecular weight is 575 g/mol. The highest BCUT2D eigenvalue weighted by molar-refractivity contribution is 6.06. The minimum Gasteiger partial charge on any atom is -0.477 e. The van der Waals surface area contributed by atoms with Crippen molar-refractivity contribution in [3.05, 3.63) is 168 Å². The van der Waals surface area contributed by atoms with E-state index in [4.69, 9.17) is 9.47 Å². The Balaban J connectivity index is 1.48. The van der Waals surface area contributed by atoms with Crippen molar-refractivity contribution >= 4 is 16.6 Å². The van der Waals surface area contributed by atoms with Crippen molar-refractivity contribution in [1.82, 2.24) is 0 Å². The number of carbonyl (C=O) groups excluding carboxylic acids is 1. The van der Waals surface area contributed by atoms with Crippen LogP contribution in [0.2, 0.25) is 0 Å². The van der Waals surface area contributed by atoms with Gasteiger partial charge in [0.15, 0.2) is 0 Å². The Kier molecular flexibility index (Phi) is 6.82. The highest BCUT2D eigenvalue weighted by Gasteiger charge is 2.55. The lowest BCUT2D eigenvalue weighted by Gasteiger charge is -2.44. The molecule has 2 unspecified atom stereocenters. The molecular weight excluding hydrogens is 540 g/mol. The van der Waals surface area contributed by atoms with Gasteiger partial charge >= 0.3 is 0 Å². The third-order valence-electron chi connectivity index (χ3n) is 8.60. The van der Waals surface area contributed by atoms with Crippen LogP contribution >= 0.6 is 0 Å². The smallest absolute Gasteiger partial charge is 0.211 e. The van der Waals surface area contributed by atoms with E-state index in [1.807, 2.05) is 97.1 Å². The maximum Gasteiger partial charge on any atom is 0.211 e. The summed E-state index contributed by atoms with van der Waals surface area (Å²) in [5, 5.41) is 2.07. The van der Waals surface area contributed by atoms with Crippen LogP contribution in [0.25, 0.3) is 21.9 Å². The van der Waals surface area contributed by atoms with Crippen molar-refractivity contribution < 1.29 is 14.3 Å². The van der Waals surface area contributed by atoms with E-state index in [-0.39, 0.29) is 11.2 Å². The van der Waals surface area contributed by atoms with Crippen LogP contribution in [0.4, 0.5) is 0 Å². The molecule has 2 atom stereocenters. The van der Waals surface area contributed by atoms with Crippen LogP contribution < -0.4 is 9.47 Å². The van der Waals surface area contributed by atoms with E-state index in [0.29, 0.717) is 17.1 Å². The minimum atomic E-state index is -1.27. The van der Waals surface area contributed by atoms with Gasteiger partial charge in [0.05, 0.1) is 5.56 Å². The van der Waals surface area contributed by atoms with Gasteiger partial charge in [0.25, 0.3) is 0 Å². The first-order chi connectivity index (χ1) is 21.3. The summed E-state index contributed by atoms with van der Waals surface area (Å²) in [5.74, 6) is 1.03. The van der Waals surface area contributed by atoms with E-state index in [1.54, 1.807) is 0 Å². The van der Waals surface area contributed by atoms with Crippen molar-refractivity contribution in [3.63, 3.8) is 0 Å². The lowest BCUT2D eigenvalue weighted by atomic mass is 9.74. The Bertz CT molecular complexity index is 1950. The third kappa shape index (κ3) is 4.75. The molecule has 1 aliphatic rings. The molecule has 6 aromatic rings. The third-order valence-corrected chi connectivity index (χ3v) is 8.60. The number of Topliss-reactive ketones (excluding diaryl/α,β-unsaturated/α-hetero) is 1. The number of rotatable bonds is 5. The minimum absolute atomic E-state index is 0.00551. The van der Waals surface area contributed by atoms with Gasteiger partial charge in [-0.25, -0.2) is 0 Å². The largest absolute Gasteiger partial charge is 0.477 e. The molecule has 0 aromatic heterocycles. The zero-order chi connectivity index (χ0) is 30.3. The predicted molar refractivity (Wildman–Crippen MR) is 178 cm³/mol. The summed E-state index contributed by atoms with van der Waals surface area (Å²) in [4.78, 5) is 14.8. The van der Waals surface area contributed by atoms with Gasteiger partial charge in [-0.2, -0.15) is 0 Å². The highest BCUT2D eigenvalue weighted by atomic mass is 16.6. The molecule has 0 N–H and O–H groups in total. The normalized spacial score (nSPS) is 18.0. The van der Waals surface area contributed by atoms with Gasteiger partial charge in [-0.05, 0) is 57.1 Å². The molecule has 0 amide bonds. The number of ether oxygens (including phenoxy) is 2. The Morgan fingerprint density at radius 1 is 0.659 bits per heavy atom. The molecule has 0 fully saturated rings. The van der Waals surface area contributed by atoms with Crippen molar-refractivity contribution in [1.29, 1.82) is 0 Å². The molecule has 0 saturated carbocycles. The zero-order valence-electron chi connectivity index (χ0n) is 25.2. The van der Waals surface area contributed by atoms with Crippen molar-refractivity contribution in [2.24, 2.45) is 0 Å². The van der Waals surface area contributed by atoms with Gasteiger partial charge in [-0.1, -0.05) is 142 Å². The quantitative estimate of drug-likeness (QED) is 0.206. The van der Waals surface area contributed by atoms with E-state index in [0.717, 1.165) is 33.0 Å². The van der Waals surface area contributed by atoms with Gasteiger partial charge in [0, 0.05) is 11.1 Å². The molecule has 0 saturated heterocycles. The first-order valence-corrected chi connectivity index (χ1v) is 15.1. The van der Waals surface area contributed by atoms with Gasteiger partial charge in [0.1, 0.15) is 11.5 Å². The van der Waals surface area contributed by atoms with E-state index < -0.39 is 11.7 Å². The van der Waals surface area contributed by atoms with Crippen LogP contribution in [-0.4, -0.2) is 11.9 Å².